The van der Waals surface area contributed by atoms with Gasteiger partial charge in [0.05, 0.1) is 6.61 Å². The largest absolute Gasteiger partial charge is 0.494 e. The second kappa shape index (κ2) is 7.65. The number of likely N-dealkylation sites (N-methyl/N-ethyl adjacent to an activating group) is 1. The number of benzene rings is 1. The van der Waals surface area contributed by atoms with Crippen molar-refractivity contribution in [3.63, 3.8) is 0 Å². The molecular weight excluding hydrogens is 248 g/mol. The highest BCUT2D eigenvalue weighted by molar-refractivity contribution is 5.30. The number of hydrogen-bond donors (Lipinski definition) is 1. The lowest BCUT2D eigenvalue weighted by molar-refractivity contribution is 0.317. The summed E-state index contributed by atoms with van der Waals surface area (Å²) in [6.45, 7) is 2.88. The van der Waals surface area contributed by atoms with Crippen molar-refractivity contribution in [1.29, 1.82) is 0 Å². The summed E-state index contributed by atoms with van der Waals surface area (Å²) in [6, 6.07) is 12.7. The Morgan fingerprint density at radius 1 is 1.20 bits per heavy atom. The third-order valence-corrected chi connectivity index (χ3v) is 3.27. The van der Waals surface area contributed by atoms with Gasteiger partial charge in [-0.3, -0.25) is 4.98 Å². The number of nitrogens with one attached hydrogen (secondary N) is 1. The Morgan fingerprint density at radius 3 is 2.60 bits per heavy atom. The first-order chi connectivity index (χ1) is 9.83. The molecule has 0 saturated heterocycles. The monoisotopic (exact) mass is 270 g/mol. The zero-order valence-electron chi connectivity index (χ0n) is 12.2. The van der Waals surface area contributed by atoms with Crippen molar-refractivity contribution >= 4 is 0 Å². The van der Waals surface area contributed by atoms with E-state index in [9.17, 15) is 0 Å². The summed E-state index contributed by atoms with van der Waals surface area (Å²) < 4.78 is 5.61. The minimum absolute atomic E-state index is 0.291. The van der Waals surface area contributed by atoms with Gasteiger partial charge in [-0.25, -0.2) is 0 Å². The average Bonchev–Trinajstić information content (AvgIpc) is 2.52. The molecule has 1 atom stereocenters. The molecule has 0 radical (unpaired) electrons. The van der Waals surface area contributed by atoms with Crippen LogP contribution < -0.4 is 10.1 Å². The molecule has 2 rings (SSSR count). The molecule has 106 valence electrons. The number of rotatable bonds is 7. The summed E-state index contributed by atoms with van der Waals surface area (Å²) >= 11 is 0. The van der Waals surface area contributed by atoms with Gasteiger partial charge in [0.1, 0.15) is 5.75 Å². The fourth-order valence-electron chi connectivity index (χ4n) is 2.16. The van der Waals surface area contributed by atoms with Crippen LogP contribution in [-0.2, 0) is 6.42 Å². The van der Waals surface area contributed by atoms with Crippen LogP contribution in [0.15, 0.2) is 48.8 Å². The highest BCUT2D eigenvalue weighted by atomic mass is 16.5. The third-order valence-electron chi connectivity index (χ3n) is 3.27. The van der Waals surface area contributed by atoms with Gasteiger partial charge in [-0.05, 0) is 49.2 Å². The van der Waals surface area contributed by atoms with Gasteiger partial charge in [-0.1, -0.05) is 25.1 Å². The average molecular weight is 270 g/mol. The van der Waals surface area contributed by atoms with Crippen LogP contribution in [0.5, 0.6) is 5.75 Å². The Kier molecular flexibility index (Phi) is 5.56. The molecular formula is C17H22N2O. The van der Waals surface area contributed by atoms with Gasteiger partial charge in [0.15, 0.2) is 0 Å². The molecule has 3 nitrogen and oxygen atoms in total. The van der Waals surface area contributed by atoms with Crippen LogP contribution in [0.1, 0.15) is 30.5 Å². The van der Waals surface area contributed by atoms with Crippen LogP contribution in [0.25, 0.3) is 0 Å². The first-order valence-electron chi connectivity index (χ1n) is 7.12. The molecule has 1 N–H and O–H groups in total. The van der Waals surface area contributed by atoms with Gasteiger partial charge in [-0.2, -0.15) is 0 Å². The van der Waals surface area contributed by atoms with Crippen molar-refractivity contribution in [3.8, 4) is 5.75 Å². The van der Waals surface area contributed by atoms with Crippen LogP contribution in [0.3, 0.4) is 0 Å². The zero-order chi connectivity index (χ0) is 14.2. The Morgan fingerprint density at radius 2 is 2.00 bits per heavy atom. The Hall–Kier alpha value is -1.87. The van der Waals surface area contributed by atoms with E-state index in [-0.39, 0.29) is 0 Å². The second-order valence-electron chi connectivity index (χ2n) is 4.82. The van der Waals surface area contributed by atoms with E-state index in [0.29, 0.717) is 6.04 Å². The van der Waals surface area contributed by atoms with E-state index in [1.807, 2.05) is 31.4 Å². The van der Waals surface area contributed by atoms with Gasteiger partial charge in [0, 0.05) is 18.4 Å². The normalized spacial score (nSPS) is 12.1. The molecule has 0 fully saturated rings. The Bertz CT molecular complexity index is 496. The van der Waals surface area contributed by atoms with Gasteiger partial charge in [-0.15, -0.1) is 0 Å². The number of hydrogen-bond acceptors (Lipinski definition) is 3. The molecule has 0 amide bonds. The molecule has 0 spiro atoms. The van der Waals surface area contributed by atoms with Crippen molar-refractivity contribution in [1.82, 2.24) is 10.3 Å². The maximum atomic E-state index is 5.61. The second-order valence-corrected chi connectivity index (χ2v) is 4.82. The molecule has 2 aromatic rings. The van der Waals surface area contributed by atoms with Gasteiger partial charge < -0.3 is 10.1 Å². The molecule has 1 unspecified atom stereocenters. The summed E-state index contributed by atoms with van der Waals surface area (Å²) in [6.07, 6.45) is 5.68. The molecule has 20 heavy (non-hydrogen) atoms. The first kappa shape index (κ1) is 14.5. The summed E-state index contributed by atoms with van der Waals surface area (Å²) in [5, 5.41) is 3.36. The van der Waals surface area contributed by atoms with E-state index in [4.69, 9.17) is 4.74 Å². The fourth-order valence-corrected chi connectivity index (χ4v) is 2.16. The van der Waals surface area contributed by atoms with Crippen LogP contribution in [0.4, 0.5) is 0 Å². The van der Waals surface area contributed by atoms with Gasteiger partial charge in [0.2, 0.25) is 0 Å². The zero-order valence-corrected chi connectivity index (χ0v) is 12.2. The minimum Gasteiger partial charge on any atom is -0.494 e. The van der Waals surface area contributed by atoms with Gasteiger partial charge >= 0.3 is 0 Å². The molecule has 0 saturated carbocycles. The molecule has 0 aliphatic rings. The van der Waals surface area contributed by atoms with E-state index >= 15 is 0 Å². The topological polar surface area (TPSA) is 34.1 Å². The van der Waals surface area contributed by atoms with Crippen LogP contribution in [0, 0.1) is 0 Å². The number of pyridine rings is 1. The fraction of sp³-hybridized carbons (Fsp3) is 0.353. The van der Waals surface area contributed by atoms with Crippen LogP contribution in [-0.4, -0.2) is 18.6 Å². The predicted octanol–water partition coefficient (Wildman–Crippen LogP) is 3.37. The lowest BCUT2D eigenvalue weighted by atomic mass is 10.00. The number of aromatic nitrogens is 1. The van der Waals surface area contributed by atoms with Crippen molar-refractivity contribution in [2.75, 3.05) is 13.7 Å². The molecule has 1 aromatic heterocycles. The summed E-state index contributed by atoms with van der Waals surface area (Å²) in [5.74, 6) is 0.937. The summed E-state index contributed by atoms with van der Waals surface area (Å²) in [5.41, 5.74) is 2.50. The smallest absolute Gasteiger partial charge is 0.119 e. The van der Waals surface area contributed by atoms with E-state index in [0.717, 1.165) is 25.2 Å². The van der Waals surface area contributed by atoms with Crippen molar-refractivity contribution < 1.29 is 4.74 Å². The van der Waals surface area contributed by atoms with Crippen molar-refractivity contribution in [2.45, 2.75) is 25.8 Å². The van der Waals surface area contributed by atoms with Crippen molar-refractivity contribution in [3.05, 3.63) is 59.9 Å². The Labute approximate surface area is 121 Å². The van der Waals surface area contributed by atoms with E-state index in [1.165, 1.54) is 11.1 Å². The highest BCUT2D eigenvalue weighted by Gasteiger charge is 2.10. The molecule has 3 heteroatoms. The molecule has 1 heterocycles. The number of ether oxygens (including phenoxy) is 1. The van der Waals surface area contributed by atoms with Crippen molar-refractivity contribution in [2.24, 2.45) is 0 Å². The Balaban J connectivity index is 2.04. The maximum Gasteiger partial charge on any atom is 0.119 e. The highest BCUT2D eigenvalue weighted by Crippen LogP contribution is 2.21. The van der Waals surface area contributed by atoms with E-state index in [1.54, 1.807) is 6.20 Å². The van der Waals surface area contributed by atoms with Gasteiger partial charge in [0.25, 0.3) is 0 Å². The number of nitrogens with zero attached hydrogens (tertiary/aromatic N) is 1. The molecule has 0 aliphatic carbocycles. The molecule has 0 aliphatic heterocycles. The van der Waals surface area contributed by atoms with E-state index in [2.05, 4.69) is 35.4 Å². The first-order valence-corrected chi connectivity index (χ1v) is 7.12. The van der Waals surface area contributed by atoms with E-state index < -0.39 is 0 Å². The van der Waals surface area contributed by atoms with Crippen LogP contribution in [0.2, 0.25) is 0 Å². The molecule has 1 aromatic carbocycles. The maximum absolute atomic E-state index is 5.61. The quantitative estimate of drug-likeness (QED) is 0.837. The predicted molar refractivity (Wildman–Crippen MR) is 82.0 cm³/mol. The standard InChI is InChI=1S/C17H22N2O/c1-3-11-20-16-8-6-15(7-9-16)17(18-2)12-14-5-4-10-19-13-14/h4-10,13,17-18H,3,11-12H2,1-2H3. The minimum atomic E-state index is 0.291. The lowest BCUT2D eigenvalue weighted by Gasteiger charge is -2.17. The lowest BCUT2D eigenvalue weighted by Crippen LogP contribution is -2.18. The third kappa shape index (κ3) is 4.07. The summed E-state index contributed by atoms with van der Waals surface area (Å²) in [4.78, 5) is 4.17. The molecule has 0 bridgehead atoms. The van der Waals surface area contributed by atoms with Crippen LogP contribution >= 0.6 is 0 Å². The summed E-state index contributed by atoms with van der Waals surface area (Å²) in [7, 11) is 1.99. The SMILES string of the molecule is CCCOc1ccc(C(Cc2cccnc2)NC)cc1.